The molecule has 12 heteroatoms. The summed E-state index contributed by atoms with van der Waals surface area (Å²) in [6.45, 7) is 1.96. The number of rotatable bonds is 8. The van der Waals surface area contributed by atoms with Gasteiger partial charge in [0.1, 0.15) is 10.9 Å². The highest BCUT2D eigenvalue weighted by molar-refractivity contribution is 7.89. The first-order chi connectivity index (χ1) is 11.5. The van der Waals surface area contributed by atoms with E-state index in [1.807, 2.05) is 0 Å². The zero-order valence-corrected chi connectivity index (χ0v) is 14.9. The van der Waals surface area contributed by atoms with Gasteiger partial charge in [0, 0.05) is 32.1 Å². The predicted octanol–water partition coefficient (Wildman–Crippen LogP) is 0.848. The van der Waals surface area contributed by atoms with Gasteiger partial charge in [0.25, 0.3) is 5.69 Å². The Labute approximate surface area is 148 Å². The van der Waals surface area contributed by atoms with E-state index < -0.39 is 48.5 Å². The summed E-state index contributed by atoms with van der Waals surface area (Å²) in [6, 6.07) is 1.32. The van der Waals surface area contributed by atoms with Crippen molar-refractivity contribution in [3.8, 4) is 0 Å². The van der Waals surface area contributed by atoms with E-state index in [4.69, 9.17) is 16.7 Å². The lowest BCUT2D eigenvalue weighted by Crippen LogP contribution is -2.46. The Balaban J connectivity index is 3.28. The van der Waals surface area contributed by atoms with Crippen molar-refractivity contribution < 1.29 is 28.0 Å². The van der Waals surface area contributed by atoms with Crippen molar-refractivity contribution in [2.24, 2.45) is 0 Å². The predicted molar refractivity (Wildman–Crippen MR) is 87.8 cm³/mol. The largest absolute Gasteiger partial charge is 0.480 e. The highest BCUT2D eigenvalue weighted by Gasteiger charge is 2.34. The number of amides is 1. The highest BCUT2D eigenvalue weighted by Crippen LogP contribution is 2.29. The summed E-state index contributed by atoms with van der Waals surface area (Å²) < 4.78 is 26.2. The lowest BCUT2D eigenvalue weighted by molar-refractivity contribution is -0.384. The molecule has 10 nitrogen and oxygen atoms in total. The molecule has 0 aliphatic carbocycles. The number of nitrogens with one attached hydrogen (secondary N) is 1. The SMILES string of the molecule is CC(=O)NCCN(C(C)C(=O)O)S(=O)(=O)c1ccc([N+](=O)[O-])cc1Cl. The van der Waals surface area contributed by atoms with Crippen molar-refractivity contribution in [3.05, 3.63) is 33.3 Å². The molecule has 0 bridgehead atoms. The first kappa shape index (κ1) is 20.8. The molecular weight excluding hydrogens is 378 g/mol. The normalized spacial score (nSPS) is 12.6. The smallest absolute Gasteiger partial charge is 0.321 e. The summed E-state index contributed by atoms with van der Waals surface area (Å²) in [5.41, 5.74) is -0.403. The van der Waals surface area contributed by atoms with Crippen LogP contribution in [-0.4, -0.2) is 53.8 Å². The monoisotopic (exact) mass is 393 g/mol. The summed E-state index contributed by atoms with van der Waals surface area (Å²) in [4.78, 5) is 31.7. The van der Waals surface area contributed by atoms with Gasteiger partial charge in [0.15, 0.2) is 0 Å². The van der Waals surface area contributed by atoms with E-state index in [0.29, 0.717) is 4.31 Å². The lowest BCUT2D eigenvalue weighted by Gasteiger charge is -2.26. The molecule has 1 atom stereocenters. The number of hydrogen-bond donors (Lipinski definition) is 2. The fourth-order valence-electron chi connectivity index (χ4n) is 1.93. The number of aliphatic carboxylic acids is 1. The fourth-order valence-corrected chi connectivity index (χ4v) is 4.03. The van der Waals surface area contributed by atoms with Crippen LogP contribution in [0.3, 0.4) is 0 Å². The van der Waals surface area contributed by atoms with Gasteiger partial charge in [0.2, 0.25) is 15.9 Å². The van der Waals surface area contributed by atoms with Crippen molar-refractivity contribution in [2.75, 3.05) is 13.1 Å². The number of carbonyl (C=O) groups excluding carboxylic acids is 1. The van der Waals surface area contributed by atoms with Crippen LogP contribution in [0.5, 0.6) is 0 Å². The molecule has 25 heavy (non-hydrogen) atoms. The number of carbonyl (C=O) groups is 2. The molecule has 1 amide bonds. The summed E-state index contributed by atoms with van der Waals surface area (Å²) in [5, 5.41) is 21.8. The Morgan fingerprint density at radius 3 is 2.48 bits per heavy atom. The number of nitrogens with zero attached hydrogens (tertiary/aromatic N) is 2. The second-order valence-corrected chi connectivity index (χ2v) is 7.25. The summed E-state index contributed by atoms with van der Waals surface area (Å²) in [5.74, 6) is -1.81. The van der Waals surface area contributed by atoms with Crippen molar-refractivity contribution in [1.82, 2.24) is 9.62 Å². The maximum atomic E-state index is 12.8. The van der Waals surface area contributed by atoms with Gasteiger partial charge in [-0.1, -0.05) is 11.6 Å². The minimum absolute atomic E-state index is 0.114. The molecule has 2 N–H and O–H groups in total. The van der Waals surface area contributed by atoms with Crippen LogP contribution in [0.15, 0.2) is 23.1 Å². The van der Waals surface area contributed by atoms with Gasteiger partial charge in [0.05, 0.1) is 9.95 Å². The van der Waals surface area contributed by atoms with Crippen molar-refractivity contribution >= 4 is 39.2 Å². The minimum atomic E-state index is -4.37. The Morgan fingerprint density at radius 2 is 2.04 bits per heavy atom. The third-order valence-corrected chi connectivity index (χ3v) is 5.66. The number of halogens is 1. The van der Waals surface area contributed by atoms with Crippen LogP contribution in [0.1, 0.15) is 13.8 Å². The molecule has 1 aromatic carbocycles. The van der Waals surface area contributed by atoms with E-state index in [2.05, 4.69) is 5.32 Å². The van der Waals surface area contributed by atoms with Crippen LogP contribution >= 0.6 is 11.6 Å². The van der Waals surface area contributed by atoms with Crippen molar-refractivity contribution in [2.45, 2.75) is 24.8 Å². The Kier molecular flexibility index (Phi) is 6.85. The molecule has 138 valence electrons. The fraction of sp³-hybridized carbons (Fsp3) is 0.385. The van der Waals surface area contributed by atoms with E-state index in [-0.39, 0.29) is 13.1 Å². The van der Waals surface area contributed by atoms with Crippen LogP contribution in [0.25, 0.3) is 0 Å². The number of sulfonamides is 1. The van der Waals surface area contributed by atoms with Crippen molar-refractivity contribution in [1.29, 1.82) is 0 Å². The quantitative estimate of drug-likeness (QED) is 0.491. The topological polar surface area (TPSA) is 147 Å². The Bertz CT molecular complexity index is 797. The number of nitro benzene ring substituents is 1. The Hall–Kier alpha value is -2.24. The van der Waals surface area contributed by atoms with Gasteiger partial charge in [-0.2, -0.15) is 4.31 Å². The average molecular weight is 394 g/mol. The molecule has 0 aliphatic rings. The highest BCUT2D eigenvalue weighted by atomic mass is 35.5. The average Bonchev–Trinajstić information content (AvgIpc) is 2.49. The first-order valence-corrected chi connectivity index (χ1v) is 8.73. The van der Waals surface area contributed by atoms with Gasteiger partial charge < -0.3 is 10.4 Å². The number of benzene rings is 1. The van der Waals surface area contributed by atoms with Crippen molar-refractivity contribution in [3.63, 3.8) is 0 Å². The summed E-state index contributed by atoms with van der Waals surface area (Å²) >= 11 is 5.84. The molecule has 1 rings (SSSR count). The molecule has 0 heterocycles. The molecule has 0 fully saturated rings. The molecule has 0 saturated heterocycles. The maximum absolute atomic E-state index is 12.8. The van der Waals surface area contributed by atoms with Gasteiger partial charge in [-0.25, -0.2) is 8.42 Å². The van der Waals surface area contributed by atoms with E-state index in [0.717, 1.165) is 25.1 Å². The molecule has 1 aromatic rings. The zero-order valence-electron chi connectivity index (χ0n) is 13.3. The number of carboxylic acid groups (broad SMARTS) is 1. The number of hydrogen-bond acceptors (Lipinski definition) is 6. The number of non-ortho nitro benzene ring substituents is 1. The third kappa shape index (κ3) is 5.11. The van der Waals surface area contributed by atoms with Crippen LogP contribution in [-0.2, 0) is 19.6 Å². The van der Waals surface area contributed by atoms with E-state index >= 15 is 0 Å². The van der Waals surface area contributed by atoms with Gasteiger partial charge in [-0.05, 0) is 13.0 Å². The van der Waals surface area contributed by atoms with Crippen LogP contribution in [0.4, 0.5) is 5.69 Å². The molecule has 0 aliphatic heterocycles. The van der Waals surface area contributed by atoms with E-state index in [9.17, 15) is 28.1 Å². The van der Waals surface area contributed by atoms with E-state index in [1.165, 1.54) is 6.92 Å². The molecule has 0 aromatic heterocycles. The van der Waals surface area contributed by atoms with Gasteiger partial charge in [-0.3, -0.25) is 19.7 Å². The van der Waals surface area contributed by atoms with Crippen LogP contribution < -0.4 is 5.32 Å². The molecule has 0 spiro atoms. The molecule has 1 unspecified atom stereocenters. The number of nitro groups is 1. The Morgan fingerprint density at radius 1 is 1.44 bits per heavy atom. The second-order valence-electron chi connectivity index (χ2n) is 4.98. The van der Waals surface area contributed by atoms with Gasteiger partial charge in [-0.15, -0.1) is 0 Å². The maximum Gasteiger partial charge on any atom is 0.321 e. The van der Waals surface area contributed by atoms with Crippen LogP contribution in [0.2, 0.25) is 5.02 Å². The first-order valence-electron chi connectivity index (χ1n) is 6.91. The standard InChI is InChI=1S/C13H16ClN3O7S/c1-8(13(19)20)16(6-5-15-9(2)18)25(23,24)12-4-3-10(17(21)22)7-11(12)14/h3-4,7-8H,5-6H2,1-2H3,(H,15,18)(H,19,20). The molecule has 0 saturated carbocycles. The zero-order chi connectivity index (χ0) is 19.4. The second kappa shape index (κ2) is 8.23. The third-order valence-electron chi connectivity index (χ3n) is 3.21. The molecule has 0 radical (unpaired) electrons. The van der Waals surface area contributed by atoms with Crippen LogP contribution in [0, 0.1) is 10.1 Å². The van der Waals surface area contributed by atoms with Gasteiger partial charge >= 0.3 is 5.97 Å². The number of carboxylic acids is 1. The minimum Gasteiger partial charge on any atom is -0.480 e. The lowest BCUT2D eigenvalue weighted by atomic mass is 10.3. The molecular formula is C13H16ClN3O7S. The van der Waals surface area contributed by atoms with E-state index in [1.54, 1.807) is 0 Å². The summed E-state index contributed by atoms with van der Waals surface area (Å²) in [6.07, 6.45) is 0. The summed E-state index contributed by atoms with van der Waals surface area (Å²) in [7, 11) is -4.37.